The summed E-state index contributed by atoms with van der Waals surface area (Å²) < 4.78 is 2.33. The van der Waals surface area contributed by atoms with Gasteiger partial charge in [0.05, 0.1) is 27.4 Å². The lowest BCUT2D eigenvalue weighted by molar-refractivity contribution is -0.121. The number of H-pyrrole nitrogens is 1. The number of anilines is 1. The van der Waals surface area contributed by atoms with Gasteiger partial charge in [-0.3, -0.25) is 19.5 Å². The Kier molecular flexibility index (Phi) is 4.40. The van der Waals surface area contributed by atoms with Crippen LogP contribution in [0.4, 0.5) is 5.69 Å². The van der Waals surface area contributed by atoms with E-state index in [9.17, 15) is 14.4 Å². The predicted molar refractivity (Wildman–Crippen MR) is 120 cm³/mol. The van der Waals surface area contributed by atoms with Gasteiger partial charge < -0.3 is 0 Å². The number of aryl methyl sites for hydroxylation is 3. The second-order valence-electron chi connectivity index (χ2n) is 7.87. The maximum absolute atomic E-state index is 13.3. The van der Waals surface area contributed by atoms with Crippen LogP contribution in [0.2, 0.25) is 0 Å². The average Bonchev–Trinajstić information content (AvgIpc) is 3.37. The summed E-state index contributed by atoms with van der Waals surface area (Å²) in [6.45, 7) is 5.53. The number of hydrogen-bond acceptors (Lipinski definition) is 5. The molecule has 5 rings (SSSR count). The molecule has 0 bridgehead atoms. The Labute approximate surface area is 181 Å². The molecule has 31 heavy (non-hydrogen) atoms. The molecule has 7 nitrogen and oxygen atoms in total. The topological polar surface area (TPSA) is 88.1 Å². The van der Waals surface area contributed by atoms with Gasteiger partial charge in [0.25, 0.3) is 5.56 Å². The Hall–Kier alpha value is -3.52. The average molecular weight is 433 g/mol. The zero-order chi connectivity index (χ0) is 21.9. The van der Waals surface area contributed by atoms with Crippen molar-refractivity contribution in [3.05, 3.63) is 75.2 Å². The van der Waals surface area contributed by atoms with Crippen molar-refractivity contribution in [2.75, 3.05) is 4.90 Å². The molecule has 0 saturated carbocycles. The highest BCUT2D eigenvalue weighted by atomic mass is 32.1. The zero-order valence-corrected chi connectivity index (χ0v) is 18.1. The minimum Gasteiger partial charge on any atom is -0.293 e. The second-order valence-corrected chi connectivity index (χ2v) is 8.88. The lowest BCUT2D eigenvalue weighted by atomic mass is 9.98. The molecule has 0 aliphatic carbocycles. The Morgan fingerprint density at radius 2 is 1.84 bits per heavy atom. The molecule has 1 fully saturated rings. The number of nitrogens with one attached hydrogen (secondary N) is 1. The standard InChI is InChI=1S/C23H20N4O3S/c1-12-8-9-13(2)17(10-12)26-19(28)11-15(21(26)29)20-14(3)25-27(22(20)30)23-24-16-6-4-5-7-18(16)31-23/h4-10,15,25H,11H2,1-3H3/t15-/m0/s1. The molecular formula is C23H20N4O3S. The van der Waals surface area contributed by atoms with Crippen molar-refractivity contribution in [1.29, 1.82) is 0 Å². The molecule has 2 aromatic carbocycles. The smallest absolute Gasteiger partial charge is 0.277 e. The van der Waals surface area contributed by atoms with Crippen molar-refractivity contribution in [2.24, 2.45) is 0 Å². The number of para-hydroxylation sites is 1. The largest absolute Gasteiger partial charge is 0.293 e. The number of aromatic nitrogens is 3. The lowest BCUT2D eigenvalue weighted by Gasteiger charge is -2.18. The normalized spacial score (nSPS) is 16.6. The van der Waals surface area contributed by atoms with Crippen molar-refractivity contribution < 1.29 is 9.59 Å². The van der Waals surface area contributed by atoms with Gasteiger partial charge in [-0.05, 0) is 50.1 Å². The number of benzene rings is 2. The van der Waals surface area contributed by atoms with E-state index in [0.717, 1.165) is 21.3 Å². The van der Waals surface area contributed by atoms with Gasteiger partial charge >= 0.3 is 0 Å². The van der Waals surface area contributed by atoms with E-state index in [1.807, 2.05) is 56.3 Å². The number of carbonyl (C=O) groups excluding carboxylic acids is 2. The monoisotopic (exact) mass is 432 g/mol. The molecule has 1 atom stereocenters. The van der Waals surface area contributed by atoms with Crippen molar-refractivity contribution in [3.8, 4) is 5.13 Å². The van der Waals surface area contributed by atoms with Crippen LogP contribution < -0.4 is 10.5 Å². The van der Waals surface area contributed by atoms with E-state index in [-0.39, 0.29) is 23.8 Å². The van der Waals surface area contributed by atoms with Crippen LogP contribution in [0, 0.1) is 20.8 Å². The summed E-state index contributed by atoms with van der Waals surface area (Å²) in [6, 6.07) is 13.3. The molecule has 1 aliphatic rings. The van der Waals surface area contributed by atoms with E-state index < -0.39 is 5.92 Å². The maximum atomic E-state index is 13.3. The van der Waals surface area contributed by atoms with Gasteiger partial charge in [-0.15, -0.1) is 0 Å². The highest BCUT2D eigenvalue weighted by Gasteiger charge is 2.43. The van der Waals surface area contributed by atoms with Crippen LogP contribution in [-0.2, 0) is 9.59 Å². The molecule has 0 unspecified atom stereocenters. The number of rotatable bonds is 3. The summed E-state index contributed by atoms with van der Waals surface area (Å²) in [7, 11) is 0. The summed E-state index contributed by atoms with van der Waals surface area (Å²) in [5.74, 6) is -1.48. The summed E-state index contributed by atoms with van der Waals surface area (Å²) in [6.07, 6.45) is -0.0278. The van der Waals surface area contributed by atoms with E-state index in [1.165, 1.54) is 20.9 Å². The minimum absolute atomic E-state index is 0.0278. The number of hydrogen-bond donors (Lipinski definition) is 1. The first-order valence-corrected chi connectivity index (χ1v) is 10.8. The summed E-state index contributed by atoms with van der Waals surface area (Å²) in [5.41, 5.74) is 3.73. The van der Waals surface area contributed by atoms with E-state index in [1.54, 1.807) is 6.92 Å². The Morgan fingerprint density at radius 3 is 2.61 bits per heavy atom. The number of thiazole rings is 1. The van der Waals surface area contributed by atoms with Crippen LogP contribution in [0.15, 0.2) is 47.3 Å². The number of nitrogens with zero attached hydrogens (tertiary/aromatic N) is 3. The molecule has 1 aliphatic heterocycles. The maximum Gasteiger partial charge on any atom is 0.277 e. The van der Waals surface area contributed by atoms with E-state index in [0.29, 0.717) is 22.1 Å². The number of imide groups is 1. The molecule has 4 aromatic rings. The second kappa shape index (κ2) is 7.02. The van der Waals surface area contributed by atoms with Crippen LogP contribution in [0.5, 0.6) is 0 Å². The van der Waals surface area contributed by atoms with Gasteiger partial charge in [0.1, 0.15) is 0 Å². The molecule has 0 spiro atoms. The Balaban J connectivity index is 1.57. The van der Waals surface area contributed by atoms with Crippen molar-refractivity contribution in [2.45, 2.75) is 33.1 Å². The fourth-order valence-corrected chi connectivity index (χ4v) is 5.06. The number of amides is 2. The molecule has 8 heteroatoms. The van der Waals surface area contributed by atoms with Gasteiger partial charge in [-0.25, -0.2) is 9.88 Å². The zero-order valence-electron chi connectivity index (χ0n) is 17.3. The summed E-state index contributed by atoms with van der Waals surface area (Å²) in [4.78, 5) is 45.2. The van der Waals surface area contributed by atoms with Crippen LogP contribution >= 0.6 is 11.3 Å². The fraction of sp³-hybridized carbons (Fsp3) is 0.217. The van der Waals surface area contributed by atoms with Crippen LogP contribution in [0.1, 0.15) is 34.7 Å². The fourth-order valence-electron chi connectivity index (χ4n) is 4.13. The number of carbonyl (C=O) groups is 2. The van der Waals surface area contributed by atoms with Crippen LogP contribution in [-0.4, -0.2) is 26.6 Å². The van der Waals surface area contributed by atoms with Gasteiger partial charge in [-0.2, -0.15) is 4.68 Å². The molecule has 2 aromatic heterocycles. The Morgan fingerprint density at radius 1 is 1.06 bits per heavy atom. The molecule has 156 valence electrons. The number of aromatic amines is 1. The quantitative estimate of drug-likeness (QED) is 0.500. The van der Waals surface area contributed by atoms with Gasteiger partial charge in [0.15, 0.2) is 0 Å². The SMILES string of the molecule is Cc1ccc(C)c(N2C(=O)C[C@@H](c3c(C)[nH]n(-c4nc5ccccc5s4)c3=O)C2=O)c1. The van der Waals surface area contributed by atoms with Gasteiger partial charge in [0.2, 0.25) is 16.9 Å². The minimum atomic E-state index is -0.813. The highest BCUT2D eigenvalue weighted by Crippen LogP contribution is 2.35. The third-order valence-electron chi connectivity index (χ3n) is 5.69. The first-order chi connectivity index (χ1) is 14.8. The highest BCUT2D eigenvalue weighted by molar-refractivity contribution is 7.20. The molecule has 0 radical (unpaired) electrons. The molecule has 1 saturated heterocycles. The van der Waals surface area contributed by atoms with E-state index in [2.05, 4.69) is 10.1 Å². The number of fused-ring (bicyclic) bond motifs is 1. The van der Waals surface area contributed by atoms with Crippen molar-refractivity contribution >= 4 is 39.1 Å². The van der Waals surface area contributed by atoms with Gasteiger partial charge in [-0.1, -0.05) is 35.6 Å². The molecule has 2 amide bonds. The molecule has 3 heterocycles. The third kappa shape index (κ3) is 3.02. The lowest BCUT2D eigenvalue weighted by Crippen LogP contribution is -2.31. The summed E-state index contributed by atoms with van der Waals surface area (Å²) >= 11 is 1.39. The van der Waals surface area contributed by atoms with E-state index >= 15 is 0 Å². The van der Waals surface area contributed by atoms with Crippen LogP contribution in [0.3, 0.4) is 0 Å². The van der Waals surface area contributed by atoms with E-state index in [4.69, 9.17) is 0 Å². The summed E-state index contributed by atoms with van der Waals surface area (Å²) in [5, 5.41) is 3.55. The molecular weight excluding hydrogens is 412 g/mol. The van der Waals surface area contributed by atoms with Gasteiger partial charge in [0, 0.05) is 12.1 Å². The van der Waals surface area contributed by atoms with Crippen molar-refractivity contribution in [1.82, 2.24) is 14.8 Å². The van der Waals surface area contributed by atoms with Crippen LogP contribution in [0.25, 0.3) is 15.3 Å². The first kappa shape index (κ1) is 19.4. The van der Waals surface area contributed by atoms with Crippen molar-refractivity contribution in [3.63, 3.8) is 0 Å². The Bertz CT molecular complexity index is 1400. The molecule has 1 N–H and O–H groups in total. The predicted octanol–water partition coefficient (Wildman–Crippen LogP) is 3.75. The first-order valence-electron chi connectivity index (χ1n) is 9.96. The third-order valence-corrected chi connectivity index (χ3v) is 6.71.